The summed E-state index contributed by atoms with van der Waals surface area (Å²) in [4.78, 5) is 23.1. The number of hydrogen-bond acceptors (Lipinski definition) is 5. The summed E-state index contributed by atoms with van der Waals surface area (Å²) < 4.78 is 3.54. The second-order valence-electron chi connectivity index (χ2n) is 7.01. The molecule has 0 saturated carbocycles. The van der Waals surface area contributed by atoms with Gasteiger partial charge in [0, 0.05) is 38.1 Å². The van der Waals surface area contributed by atoms with Gasteiger partial charge in [0.05, 0.1) is 24.3 Å². The summed E-state index contributed by atoms with van der Waals surface area (Å²) in [6.45, 7) is 5.08. The van der Waals surface area contributed by atoms with Crippen LogP contribution in [0.3, 0.4) is 0 Å². The Morgan fingerprint density at radius 3 is 2.96 bits per heavy atom. The maximum atomic E-state index is 11.8. The standard InChI is InChI=1S/C20H23N7O/c1-3-19(28)26-9-4-5-15(7-10-26)11-21-20-18-6-8-22-27(18)14-17(24-20)16-12-23-25(2)13-16/h3,6,8,11-15H,1,4-5,7,9-10H2,2H3. The quantitative estimate of drug-likeness (QED) is 0.517. The van der Waals surface area contributed by atoms with Crippen LogP contribution in [0.15, 0.2) is 48.5 Å². The molecule has 1 amide bonds. The second-order valence-corrected chi connectivity index (χ2v) is 7.01. The average Bonchev–Trinajstić information content (AvgIpc) is 3.29. The Hall–Kier alpha value is -3.29. The second kappa shape index (κ2) is 7.75. The molecule has 0 radical (unpaired) electrons. The topological polar surface area (TPSA) is 80.7 Å². The summed E-state index contributed by atoms with van der Waals surface area (Å²) in [7, 11) is 1.88. The number of hydrogen-bond donors (Lipinski definition) is 0. The van der Waals surface area contributed by atoms with Crippen LogP contribution in [0.25, 0.3) is 16.8 Å². The van der Waals surface area contributed by atoms with Crippen LogP contribution in [0.2, 0.25) is 0 Å². The largest absolute Gasteiger partial charge is 0.339 e. The molecule has 144 valence electrons. The van der Waals surface area contributed by atoms with Crippen LogP contribution in [-0.2, 0) is 11.8 Å². The van der Waals surface area contributed by atoms with Crippen molar-refractivity contribution in [2.75, 3.05) is 13.1 Å². The summed E-state index contributed by atoms with van der Waals surface area (Å²) in [5, 5.41) is 8.56. The maximum absolute atomic E-state index is 11.8. The van der Waals surface area contributed by atoms with Gasteiger partial charge in [-0.25, -0.2) is 14.5 Å². The number of nitrogens with zero attached hydrogens (tertiary/aromatic N) is 7. The molecule has 4 heterocycles. The molecule has 3 aromatic heterocycles. The molecule has 1 atom stereocenters. The van der Waals surface area contributed by atoms with E-state index in [1.54, 1.807) is 21.6 Å². The van der Waals surface area contributed by atoms with Crippen molar-refractivity contribution in [2.24, 2.45) is 18.0 Å². The van der Waals surface area contributed by atoms with Crippen LogP contribution in [0.5, 0.6) is 0 Å². The molecule has 0 aromatic carbocycles. The monoisotopic (exact) mass is 377 g/mol. The molecular formula is C20H23N7O. The Balaban J connectivity index is 1.58. The van der Waals surface area contributed by atoms with Crippen LogP contribution in [0.1, 0.15) is 19.3 Å². The van der Waals surface area contributed by atoms with E-state index in [1.165, 1.54) is 6.08 Å². The van der Waals surface area contributed by atoms with Crippen molar-refractivity contribution in [3.8, 4) is 11.3 Å². The van der Waals surface area contributed by atoms with Gasteiger partial charge in [0.2, 0.25) is 5.91 Å². The lowest BCUT2D eigenvalue weighted by molar-refractivity contribution is -0.125. The molecule has 8 heteroatoms. The Kier molecular flexibility index (Phi) is 5.01. The number of aromatic nitrogens is 5. The lowest BCUT2D eigenvalue weighted by Gasteiger charge is -2.17. The van der Waals surface area contributed by atoms with Gasteiger partial charge in [-0.05, 0) is 37.3 Å². The summed E-state index contributed by atoms with van der Waals surface area (Å²) >= 11 is 0. The van der Waals surface area contributed by atoms with Crippen LogP contribution < -0.4 is 0 Å². The first kappa shape index (κ1) is 18.1. The van der Waals surface area contributed by atoms with Crippen molar-refractivity contribution in [3.63, 3.8) is 0 Å². The first-order valence-corrected chi connectivity index (χ1v) is 9.43. The fourth-order valence-corrected chi connectivity index (χ4v) is 3.49. The van der Waals surface area contributed by atoms with Crippen molar-refractivity contribution in [1.82, 2.24) is 29.3 Å². The zero-order valence-electron chi connectivity index (χ0n) is 15.9. The van der Waals surface area contributed by atoms with Crippen LogP contribution in [0.4, 0.5) is 5.82 Å². The fraction of sp³-hybridized carbons (Fsp3) is 0.350. The minimum atomic E-state index is 0.00407. The molecule has 3 aromatic rings. The van der Waals surface area contributed by atoms with Gasteiger partial charge < -0.3 is 4.90 Å². The number of amides is 1. The molecule has 1 aliphatic heterocycles. The molecule has 8 nitrogen and oxygen atoms in total. The summed E-state index contributed by atoms with van der Waals surface area (Å²) in [6.07, 6.45) is 13.5. The molecule has 1 saturated heterocycles. The van der Waals surface area contributed by atoms with Crippen LogP contribution >= 0.6 is 0 Å². The van der Waals surface area contributed by atoms with Gasteiger partial charge in [-0.15, -0.1) is 0 Å². The number of aryl methyl sites for hydroxylation is 1. The third-order valence-electron chi connectivity index (χ3n) is 5.04. The van der Waals surface area contributed by atoms with E-state index in [2.05, 4.69) is 16.8 Å². The molecule has 1 fully saturated rings. The molecule has 0 aliphatic carbocycles. The van der Waals surface area contributed by atoms with Gasteiger partial charge in [-0.1, -0.05) is 6.58 Å². The number of aliphatic imine (C=N–C) groups is 1. The van der Waals surface area contributed by atoms with E-state index in [0.29, 0.717) is 11.7 Å². The van der Waals surface area contributed by atoms with Crippen molar-refractivity contribution in [3.05, 3.63) is 43.5 Å². The molecule has 0 spiro atoms. The number of carbonyl (C=O) groups excluding carboxylic acids is 1. The van der Waals surface area contributed by atoms with Crippen LogP contribution in [-0.4, -0.2) is 54.5 Å². The van der Waals surface area contributed by atoms with Gasteiger partial charge in [0.25, 0.3) is 0 Å². The van der Waals surface area contributed by atoms with E-state index in [0.717, 1.165) is 49.1 Å². The predicted molar refractivity (Wildman–Crippen MR) is 107 cm³/mol. The maximum Gasteiger partial charge on any atom is 0.245 e. The zero-order chi connectivity index (χ0) is 19.5. The third kappa shape index (κ3) is 3.71. The van der Waals surface area contributed by atoms with Crippen molar-refractivity contribution in [1.29, 1.82) is 0 Å². The smallest absolute Gasteiger partial charge is 0.245 e. The zero-order valence-corrected chi connectivity index (χ0v) is 15.9. The Bertz CT molecular complexity index is 1030. The van der Waals surface area contributed by atoms with E-state index < -0.39 is 0 Å². The molecule has 0 N–H and O–H groups in total. The Labute approximate surface area is 163 Å². The predicted octanol–water partition coefficient (Wildman–Crippen LogP) is 2.65. The highest BCUT2D eigenvalue weighted by Gasteiger charge is 2.18. The first-order chi connectivity index (χ1) is 13.6. The van der Waals surface area contributed by atoms with Gasteiger partial charge in [-0.3, -0.25) is 9.48 Å². The molecule has 1 unspecified atom stereocenters. The highest BCUT2D eigenvalue weighted by molar-refractivity contribution is 5.87. The highest BCUT2D eigenvalue weighted by Crippen LogP contribution is 2.25. The Morgan fingerprint density at radius 2 is 2.18 bits per heavy atom. The van der Waals surface area contributed by atoms with Gasteiger partial charge in [0.15, 0.2) is 5.82 Å². The molecule has 0 bridgehead atoms. The van der Waals surface area contributed by atoms with E-state index in [4.69, 9.17) is 9.98 Å². The van der Waals surface area contributed by atoms with E-state index in [9.17, 15) is 4.79 Å². The number of likely N-dealkylation sites (tertiary alicyclic amines) is 1. The third-order valence-corrected chi connectivity index (χ3v) is 5.04. The summed E-state index contributed by atoms with van der Waals surface area (Å²) in [6, 6.07) is 1.91. The lowest BCUT2D eigenvalue weighted by atomic mass is 10.0. The molecule has 4 rings (SSSR count). The number of rotatable bonds is 4. The summed E-state index contributed by atoms with van der Waals surface area (Å²) in [5.41, 5.74) is 2.56. The van der Waals surface area contributed by atoms with E-state index >= 15 is 0 Å². The molecule has 28 heavy (non-hydrogen) atoms. The van der Waals surface area contributed by atoms with E-state index in [1.807, 2.05) is 36.6 Å². The average molecular weight is 377 g/mol. The Morgan fingerprint density at radius 1 is 1.29 bits per heavy atom. The van der Waals surface area contributed by atoms with Crippen molar-refractivity contribution in [2.45, 2.75) is 19.3 Å². The van der Waals surface area contributed by atoms with Gasteiger partial charge in [-0.2, -0.15) is 10.2 Å². The summed E-state index contributed by atoms with van der Waals surface area (Å²) in [5.74, 6) is 0.959. The SMILES string of the molecule is C=CC(=O)N1CCCC(C=Nc2nc(-c3cnn(C)c3)cn3nccc23)CC1. The normalized spacial score (nSPS) is 17.9. The minimum Gasteiger partial charge on any atom is -0.339 e. The fourth-order valence-electron chi connectivity index (χ4n) is 3.49. The first-order valence-electron chi connectivity index (χ1n) is 9.43. The minimum absolute atomic E-state index is 0.00407. The molecular weight excluding hydrogens is 354 g/mol. The van der Waals surface area contributed by atoms with Crippen molar-refractivity contribution < 1.29 is 4.79 Å². The highest BCUT2D eigenvalue weighted by atomic mass is 16.2. The van der Waals surface area contributed by atoms with Gasteiger partial charge in [0.1, 0.15) is 5.52 Å². The lowest BCUT2D eigenvalue weighted by Crippen LogP contribution is -2.30. The number of carbonyl (C=O) groups is 1. The van der Waals surface area contributed by atoms with Gasteiger partial charge >= 0.3 is 0 Å². The molecule has 1 aliphatic rings. The van der Waals surface area contributed by atoms with Crippen molar-refractivity contribution >= 4 is 23.5 Å². The van der Waals surface area contributed by atoms with Crippen LogP contribution in [0, 0.1) is 5.92 Å². The number of fused-ring (bicyclic) bond motifs is 1. The van der Waals surface area contributed by atoms with E-state index in [-0.39, 0.29) is 5.91 Å².